The number of nitrogens with zero attached hydrogens (tertiary/aromatic N) is 5. The molecule has 4 aliphatic rings. The van der Waals surface area contributed by atoms with Gasteiger partial charge < -0.3 is 20.1 Å². The van der Waals surface area contributed by atoms with Crippen LogP contribution in [0.5, 0.6) is 11.8 Å². The highest BCUT2D eigenvalue weighted by atomic mass is 19.1. The van der Waals surface area contributed by atoms with Gasteiger partial charge in [-0.3, -0.25) is 9.88 Å². The number of aromatic nitrogens is 3. The number of hydrogen-bond donors (Lipinski definition) is 2. The molecule has 49 heavy (non-hydrogen) atoms. The Kier molecular flexibility index (Phi) is 7.18. The number of ether oxygens (including phenoxy) is 1. The molecule has 1 saturated carbocycles. The van der Waals surface area contributed by atoms with Crippen molar-refractivity contribution in [3.63, 3.8) is 0 Å². The van der Waals surface area contributed by atoms with E-state index >= 15 is 8.78 Å². The molecule has 2 saturated heterocycles. The van der Waals surface area contributed by atoms with E-state index in [0.717, 1.165) is 57.4 Å². The third-order valence-electron chi connectivity index (χ3n) is 10.8. The Labute approximate surface area is 283 Å². The highest BCUT2D eigenvalue weighted by molar-refractivity contribution is 6.04. The molecule has 9 rings (SSSR count). The highest BCUT2D eigenvalue weighted by Crippen LogP contribution is 2.47. The number of hydrogen-bond acceptors (Lipinski definition) is 8. The first-order valence-corrected chi connectivity index (χ1v) is 17.1. The number of phenols is 1. The Balaban J connectivity index is 1.10. The molecule has 3 aliphatic heterocycles. The number of fused-ring (bicyclic) bond motifs is 5. The van der Waals surface area contributed by atoms with Gasteiger partial charge in [0, 0.05) is 78.3 Å². The SMILES string of the molecule is C#Cc1cccc2cc(O)cc(-c3c(F)cc4c(N5CC6CCC(C5)N6)nc(OCC5(CN6CCc7cccnc7C6)CC5)nc4c3F)c12. The van der Waals surface area contributed by atoms with E-state index in [0.29, 0.717) is 41.9 Å². The Hall–Kier alpha value is -4.85. The van der Waals surface area contributed by atoms with Crippen molar-refractivity contribution in [1.29, 1.82) is 0 Å². The molecule has 0 spiro atoms. The van der Waals surface area contributed by atoms with Crippen molar-refractivity contribution in [1.82, 2.24) is 25.2 Å². The van der Waals surface area contributed by atoms with Gasteiger partial charge in [0.1, 0.15) is 22.9 Å². The molecule has 0 radical (unpaired) electrons. The van der Waals surface area contributed by atoms with Crippen LogP contribution in [-0.2, 0) is 13.0 Å². The van der Waals surface area contributed by atoms with Crippen LogP contribution in [0.15, 0.2) is 54.7 Å². The molecule has 248 valence electrons. The van der Waals surface area contributed by atoms with Crippen LogP contribution in [0.1, 0.15) is 42.5 Å². The molecule has 3 aromatic carbocycles. The van der Waals surface area contributed by atoms with Gasteiger partial charge in [0.15, 0.2) is 5.82 Å². The second kappa shape index (κ2) is 11.6. The minimum absolute atomic E-state index is 0.0273. The number of benzene rings is 3. The third kappa shape index (κ3) is 5.42. The molecule has 3 fully saturated rings. The van der Waals surface area contributed by atoms with Gasteiger partial charge in [0.2, 0.25) is 0 Å². The van der Waals surface area contributed by atoms with Crippen molar-refractivity contribution in [3.05, 3.63) is 83.2 Å². The molecule has 2 N–H and O–H groups in total. The molecule has 10 heteroatoms. The largest absolute Gasteiger partial charge is 0.508 e. The number of terminal acetylenes is 1. The summed E-state index contributed by atoms with van der Waals surface area (Å²) in [5, 5.41) is 15.6. The number of phenolic OH excluding ortho intramolecular Hbond substituents is 1. The summed E-state index contributed by atoms with van der Waals surface area (Å²) < 4.78 is 39.6. The topological polar surface area (TPSA) is 86.6 Å². The molecule has 5 heterocycles. The first-order valence-electron chi connectivity index (χ1n) is 17.1. The smallest absolute Gasteiger partial charge is 0.319 e. The van der Waals surface area contributed by atoms with E-state index < -0.39 is 11.6 Å². The van der Waals surface area contributed by atoms with Crippen molar-refractivity contribution in [2.24, 2.45) is 5.41 Å². The lowest BCUT2D eigenvalue weighted by Crippen LogP contribution is -2.51. The maximum absolute atomic E-state index is 17.0. The van der Waals surface area contributed by atoms with E-state index in [1.54, 1.807) is 18.2 Å². The zero-order valence-electron chi connectivity index (χ0n) is 27.1. The van der Waals surface area contributed by atoms with Crippen molar-refractivity contribution in [2.45, 2.75) is 50.7 Å². The first-order chi connectivity index (χ1) is 23.9. The molecule has 8 nitrogen and oxygen atoms in total. The predicted octanol–water partition coefficient (Wildman–Crippen LogP) is 5.97. The second-order valence-corrected chi connectivity index (χ2v) is 14.2. The Morgan fingerprint density at radius 1 is 1.06 bits per heavy atom. The van der Waals surface area contributed by atoms with Crippen LogP contribution >= 0.6 is 0 Å². The number of nitrogens with one attached hydrogen (secondary N) is 1. The normalized spacial score (nSPS) is 21.1. The van der Waals surface area contributed by atoms with Crippen molar-refractivity contribution >= 4 is 27.5 Å². The van der Waals surface area contributed by atoms with Gasteiger partial charge in [-0.1, -0.05) is 24.1 Å². The van der Waals surface area contributed by atoms with Crippen LogP contribution in [0, 0.1) is 29.4 Å². The van der Waals surface area contributed by atoms with E-state index in [4.69, 9.17) is 16.1 Å². The minimum Gasteiger partial charge on any atom is -0.508 e. The van der Waals surface area contributed by atoms with Gasteiger partial charge in [0.05, 0.1) is 17.9 Å². The van der Waals surface area contributed by atoms with Crippen LogP contribution < -0.4 is 15.0 Å². The number of piperazine rings is 1. The third-order valence-corrected chi connectivity index (χ3v) is 10.8. The fourth-order valence-corrected chi connectivity index (χ4v) is 8.17. The number of rotatable bonds is 7. The van der Waals surface area contributed by atoms with E-state index in [1.165, 1.54) is 23.8 Å². The average molecular weight is 659 g/mol. The van der Waals surface area contributed by atoms with Crippen LogP contribution in [0.2, 0.25) is 0 Å². The minimum atomic E-state index is -0.846. The molecule has 2 bridgehead atoms. The van der Waals surface area contributed by atoms with Crippen LogP contribution in [0.25, 0.3) is 32.8 Å². The molecule has 2 atom stereocenters. The summed E-state index contributed by atoms with van der Waals surface area (Å²) in [6, 6.07) is 14.2. The monoisotopic (exact) mass is 658 g/mol. The summed E-state index contributed by atoms with van der Waals surface area (Å²) in [6.07, 6.45) is 12.8. The molecular weight excluding hydrogens is 622 g/mol. The van der Waals surface area contributed by atoms with Gasteiger partial charge >= 0.3 is 6.01 Å². The summed E-state index contributed by atoms with van der Waals surface area (Å²) in [7, 11) is 0. The fraction of sp³-hybridized carbons (Fsp3) is 0.359. The highest BCUT2D eigenvalue weighted by Gasteiger charge is 2.45. The maximum atomic E-state index is 17.0. The first kappa shape index (κ1) is 30.2. The van der Waals surface area contributed by atoms with Crippen molar-refractivity contribution in [2.75, 3.05) is 37.7 Å². The molecule has 2 aromatic heterocycles. The second-order valence-electron chi connectivity index (χ2n) is 14.2. The number of pyridine rings is 1. The van der Waals surface area contributed by atoms with Crippen LogP contribution in [-0.4, -0.2) is 69.8 Å². The molecule has 5 aromatic rings. The lowest BCUT2D eigenvalue weighted by Gasteiger charge is -2.34. The quantitative estimate of drug-likeness (QED) is 0.207. The van der Waals surface area contributed by atoms with E-state index in [-0.39, 0.29) is 51.3 Å². The van der Waals surface area contributed by atoms with Gasteiger partial charge in [-0.05, 0) is 73.4 Å². The van der Waals surface area contributed by atoms with E-state index in [2.05, 4.69) is 37.1 Å². The lowest BCUT2D eigenvalue weighted by molar-refractivity contribution is 0.144. The zero-order valence-corrected chi connectivity index (χ0v) is 27.1. The van der Waals surface area contributed by atoms with Gasteiger partial charge in [-0.2, -0.15) is 9.97 Å². The molecule has 1 aliphatic carbocycles. The number of aromatic hydroxyl groups is 1. The standard InChI is InChI=1S/C39H36F2N6O2/c1-2-23-5-3-6-25-15-28(48)16-29(33(23)25)34-31(40)17-30-36(35(34)41)44-38(45-37(30)47-18-26-8-9-27(19-47)43-26)49-22-39(11-12-39)21-46-14-10-24-7-4-13-42-32(24)20-46/h1,3-7,13,15-17,26-27,43,48H,8-12,14,18-22H2. The number of anilines is 1. The van der Waals surface area contributed by atoms with Gasteiger partial charge in [-0.25, -0.2) is 8.78 Å². The predicted molar refractivity (Wildman–Crippen MR) is 185 cm³/mol. The molecular formula is C39H36F2N6O2. The van der Waals surface area contributed by atoms with Crippen LogP contribution in [0.3, 0.4) is 0 Å². The summed E-state index contributed by atoms with van der Waals surface area (Å²) in [5.74, 6) is 1.35. The van der Waals surface area contributed by atoms with Crippen molar-refractivity contribution in [3.8, 4) is 35.2 Å². The van der Waals surface area contributed by atoms with Crippen molar-refractivity contribution < 1.29 is 18.6 Å². The Bertz CT molecular complexity index is 2170. The Morgan fingerprint density at radius 2 is 1.90 bits per heavy atom. The summed E-state index contributed by atoms with van der Waals surface area (Å²) in [6.45, 7) is 4.39. The summed E-state index contributed by atoms with van der Waals surface area (Å²) in [5.41, 5.74) is 2.70. The number of halogens is 2. The maximum Gasteiger partial charge on any atom is 0.319 e. The lowest BCUT2D eigenvalue weighted by atomic mass is 9.93. The molecule has 2 unspecified atom stereocenters. The zero-order chi connectivity index (χ0) is 33.3. The van der Waals surface area contributed by atoms with E-state index in [9.17, 15) is 5.11 Å². The molecule has 0 amide bonds. The fourth-order valence-electron chi connectivity index (χ4n) is 8.17. The summed E-state index contributed by atoms with van der Waals surface area (Å²) >= 11 is 0. The summed E-state index contributed by atoms with van der Waals surface area (Å²) in [4.78, 5) is 18.6. The average Bonchev–Trinajstić information content (AvgIpc) is 3.79. The van der Waals surface area contributed by atoms with Gasteiger partial charge in [0.25, 0.3) is 0 Å². The Morgan fingerprint density at radius 3 is 2.69 bits per heavy atom. The van der Waals surface area contributed by atoms with Crippen LogP contribution in [0.4, 0.5) is 14.6 Å². The van der Waals surface area contributed by atoms with Gasteiger partial charge in [-0.15, -0.1) is 6.42 Å². The van der Waals surface area contributed by atoms with E-state index in [1.807, 2.05) is 12.3 Å².